The van der Waals surface area contributed by atoms with Gasteiger partial charge in [0.15, 0.2) is 0 Å². The maximum atomic E-state index is 6.50. The van der Waals surface area contributed by atoms with Crippen molar-refractivity contribution in [2.45, 2.75) is 58.1 Å². The molecule has 0 aromatic rings. The van der Waals surface area contributed by atoms with Crippen LogP contribution in [0.3, 0.4) is 0 Å². The van der Waals surface area contributed by atoms with E-state index in [0.29, 0.717) is 0 Å². The Hall–Kier alpha value is -0.830. The molecule has 2 heterocycles. The summed E-state index contributed by atoms with van der Waals surface area (Å²) in [6.45, 7) is 5.71. The maximum absolute atomic E-state index is 6.50. The first-order valence-corrected chi connectivity index (χ1v) is 7.23. The van der Waals surface area contributed by atoms with Crippen molar-refractivity contribution in [1.82, 2.24) is 4.90 Å². The molecule has 0 radical (unpaired) electrons. The van der Waals surface area contributed by atoms with Gasteiger partial charge < -0.3 is 4.74 Å². The number of rotatable bonds is 0. The van der Waals surface area contributed by atoms with Crippen molar-refractivity contribution < 1.29 is 4.74 Å². The molecule has 1 atom stereocenters. The summed E-state index contributed by atoms with van der Waals surface area (Å²) in [4.78, 5) is 7.11. The second-order valence-electron chi connectivity index (χ2n) is 6.54. The summed E-state index contributed by atoms with van der Waals surface area (Å²) in [6.07, 6.45) is 9.18. The average molecular weight is 248 g/mol. The van der Waals surface area contributed by atoms with E-state index in [2.05, 4.69) is 32.0 Å². The van der Waals surface area contributed by atoms with Gasteiger partial charge in [0.2, 0.25) is 5.72 Å². The number of aliphatic imine (C=N–C) groups is 1. The van der Waals surface area contributed by atoms with Crippen LogP contribution < -0.4 is 0 Å². The minimum absolute atomic E-state index is 0.124. The second kappa shape index (κ2) is 4.09. The Balaban J connectivity index is 1.96. The number of ether oxygens (including phenoxy) is 1. The van der Waals surface area contributed by atoms with Gasteiger partial charge >= 0.3 is 0 Å². The molecule has 0 saturated carbocycles. The Morgan fingerprint density at radius 3 is 2.78 bits per heavy atom. The fourth-order valence-electron chi connectivity index (χ4n) is 3.60. The SMILES string of the molecule is CN1CCCC(C)(C)C12C=NC1=C(CCCC1)O2. The molecule has 3 rings (SSSR count). The normalized spacial score (nSPS) is 35.5. The van der Waals surface area contributed by atoms with E-state index in [1.165, 1.54) is 31.4 Å². The molecule has 0 bridgehead atoms. The van der Waals surface area contributed by atoms with Gasteiger partial charge in [0.1, 0.15) is 5.76 Å². The van der Waals surface area contributed by atoms with Gasteiger partial charge in [0.05, 0.1) is 11.9 Å². The van der Waals surface area contributed by atoms with Crippen LogP contribution in [0.5, 0.6) is 0 Å². The lowest BCUT2D eigenvalue weighted by Gasteiger charge is -2.54. The number of allylic oxidation sites excluding steroid dienone is 2. The molecule has 1 aliphatic carbocycles. The molecule has 100 valence electrons. The van der Waals surface area contributed by atoms with Crippen molar-refractivity contribution in [3.05, 3.63) is 11.5 Å². The summed E-state index contributed by atoms with van der Waals surface area (Å²) in [5.41, 5.74) is 1.00. The Kier molecular flexibility index (Phi) is 2.77. The highest BCUT2D eigenvalue weighted by Crippen LogP contribution is 2.47. The third-order valence-corrected chi connectivity index (χ3v) is 4.90. The molecule has 0 N–H and O–H groups in total. The molecule has 18 heavy (non-hydrogen) atoms. The van der Waals surface area contributed by atoms with E-state index in [1.807, 2.05) is 0 Å². The van der Waals surface area contributed by atoms with E-state index in [0.717, 1.165) is 25.1 Å². The van der Waals surface area contributed by atoms with Crippen molar-refractivity contribution in [2.75, 3.05) is 13.6 Å². The minimum atomic E-state index is -0.318. The van der Waals surface area contributed by atoms with Gasteiger partial charge in [-0.2, -0.15) is 0 Å². The monoisotopic (exact) mass is 248 g/mol. The number of nitrogens with zero attached hydrogens (tertiary/aromatic N) is 2. The van der Waals surface area contributed by atoms with E-state index in [4.69, 9.17) is 9.73 Å². The highest BCUT2D eigenvalue weighted by Gasteiger charge is 2.53. The number of piperidine rings is 1. The Morgan fingerprint density at radius 1 is 1.22 bits per heavy atom. The molecule has 0 amide bonds. The smallest absolute Gasteiger partial charge is 0.204 e. The van der Waals surface area contributed by atoms with Gasteiger partial charge in [-0.15, -0.1) is 0 Å². The van der Waals surface area contributed by atoms with Crippen LogP contribution in [0.15, 0.2) is 16.4 Å². The predicted octanol–water partition coefficient (Wildman–Crippen LogP) is 3.32. The largest absolute Gasteiger partial charge is 0.469 e. The van der Waals surface area contributed by atoms with Crippen molar-refractivity contribution in [1.29, 1.82) is 0 Å². The van der Waals surface area contributed by atoms with Gasteiger partial charge in [-0.25, -0.2) is 0 Å². The minimum Gasteiger partial charge on any atom is -0.469 e. The highest BCUT2D eigenvalue weighted by molar-refractivity contribution is 5.72. The van der Waals surface area contributed by atoms with Crippen LogP contribution in [-0.2, 0) is 4.74 Å². The lowest BCUT2D eigenvalue weighted by molar-refractivity contribution is -0.161. The molecule has 1 saturated heterocycles. The molecule has 1 fully saturated rings. The van der Waals surface area contributed by atoms with E-state index in [-0.39, 0.29) is 11.1 Å². The fraction of sp³-hybridized carbons (Fsp3) is 0.800. The number of hydrogen-bond acceptors (Lipinski definition) is 3. The van der Waals surface area contributed by atoms with Gasteiger partial charge in [-0.05, 0) is 39.2 Å². The Bertz CT molecular complexity index is 411. The summed E-state index contributed by atoms with van der Waals surface area (Å²) in [6, 6.07) is 0. The van der Waals surface area contributed by atoms with E-state index in [1.54, 1.807) is 0 Å². The zero-order valence-corrected chi connectivity index (χ0v) is 11.8. The number of hydrogen-bond donors (Lipinski definition) is 0. The summed E-state index contributed by atoms with van der Waals surface area (Å²) in [5, 5.41) is 0. The number of likely N-dealkylation sites (tertiary alicyclic amines) is 1. The average Bonchev–Trinajstić information content (AvgIpc) is 2.36. The molecule has 3 aliphatic rings. The first-order chi connectivity index (χ1) is 8.55. The van der Waals surface area contributed by atoms with Crippen LogP contribution in [0.4, 0.5) is 0 Å². The van der Waals surface area contributed by atoms with Gasteiger partial charge in [0.25, 0.3) is 0 Å². The predicted molar refractivity (Wildman–Crippen MR) is 73.4 cm³/mol. The highest BCUT2D eigenvalue weighted by atomic mass is 16.5. The molecular formula is C15H24N2O. The maximum Gasteiger partial charge on any atom is 0.204 e. The summed E-state index contributed by atoms with van der Waals surface area (Å²) in [7, 11) is 2.17. The molecule has 3 nitrogen and oxygen atoms in total. The third kappa shape index (κ3) is 1.63. The topological polar surface area (TPSA) is 24.8 Å². The lowest BCUT2D eigenvalue weighted by atomic mass is 9.73. The van der Waals surface area contributed by atoms with Gasteiger partial charge in [-0.1, -0.05) is 13.8 Å². The van der Waals surface area contributed by atoms with E-state index in [9.17, 15) is 0 Å². The van der Waals surface area contributed by atoms with Crippen molar-refractivity contribution in [3.63, 3.8) is 0 Å². The van der Waals surface area contributed by atoms with Crippen molar-refractivity contribution in [2.24, 2.45) is 10.4 Å². The summed E-state index contributed by atoms with van der Waals surface area (Å²) in [5.74, 6) is 1.16. The lowest BCUT2D eigenvalue weighted by Crippen LogP contribution is -2.63. The molecule has 3 heteroatoms. The van der Waals surface area contributed by atoms with Crippen LogP contribution in [0.2, 0.25) is 0 Å². The molecule has 2 aliphatic heterocycles. The second-order valence-corrected chi connectivity index (χ2v) is 6.54. The molecular weight excluding hydrogens is 224 g/mol. The van der Waals surface area contributed by atoms with E-state index < -0.39 is 0 Å². The molecule has 1 spiro atoms. The summed E-state index contributed by atoms with van der Waals surface area (Å²) >= 11 is 0. The van der Waals surface area contributed by atoms with Crippen LogP contribution in [0, 0.1) is 5.41 Å². The molecule has 0 aromatic carbocycles. The fourth-order valence-corrected chi connectivity index (χ4v) is 3.60. The van der Waals surface area contributed by atoms with Crippen molar-refractivity contribution >= 4 is 6.21 Å². The molecule has 0 aromatic heterocycles. The summed E-state index contributed by atoms with van der Waals surface area (Å²) < 4.78 is 6.50. The third-order valence-electron chi connectivity index (χ3n) is 4.90. The molecule has 1 unspecified atom stereocenters. The Morgan fingerprint density at radius 2 is 2.00 bits per heavy atom. The zero-order valence-electron chi connectivity index (χ0n) is 11.8. The van der Waals surface area contributed by atoms with E-state index >= 15 is 0 Å². The van der Waals surface area contributed by atoms with Crippen molar-refractivity contribution in [3.8, 4) is 0 Å². The standard InChI is InChI=1S/C15H24N2O/c1-14(2)9-6-10-17(3)15(14)11-16-12-7-4-5-8-13(12)18-15/h11H,4-10H2,1-3H3. The first-order valence-electron chi connectivity index (χ1n) is 7.23. The van der Waals surface area contributed by atoms with Gasteiger partial charge in [0, 0.05) is 18.4 Å². The van der Waals surface area contributed by atoms with Crippen LogP contribution in [0.25, 0.3) is 0 Å². The van der Waals surface area contributed by atoms with Crippen LogP contribution >= 0.6 is 0 Å². The zero-order chi connectivity index (χ0) is 12.8. The quantitative estimate of drug-likeness (QED) is 0.657. The van der Waals surface area contributed by atoms with Gasteiger partial charge in [-0.3, -0.25) is 9.89 Å². The Labute approximate surface area is 110 Å². The van der Waals surface area contributed by atoms with Crippen LogP contribution in [0.1, 0.15) is 52.4 Å². The van der Waals surface area contributed by atoms with Crippen LogP contribution in [-0.4, -0.2) is 30.4 Å². The first kappa shape index (κ1) is 12.2.